The SMILES string of the molecule is CCCC/C=C/CCCCCCCCCCCC(=O)OC[C@H](COP(=O)(O)O)OC(=O)CCCCCCC/C=C/CCCCCCCC. The number of carbonyl (C=O) groups excluding carboxylic acids is 2. The zero-order valence-electron chi connectivity index (χ0n) is 30.9. The Morgan fingerprint density at radius 2 is 0.896 bits per heavy atom. The Kier molecular flexibility index (Phi) is 34.3. The summed E-state index contributed by atoms with van der Waals surface area (Å²) in [7, 11) is -4.75. The van der Waals surface area contributed by atoms with Crippen LogP contribution >= 0.6 is 7.82 Å². The highest BCUT2D eigenvalue weighted by molar-refractivity contribution is 7.46. The first-order valence-electron chi connectivity index (χ1n) is 19.6. The minimum Gasteiger partial charge on any atom is -0.462 e. The largest absolute Gasteiger partial charge is 0.469 e. The second-order valence-corrected chi connectivity index (χ2v) is 14.5. The molecule has 0 unspecified atom stereocenters. The normalized spacial score (nSPS) is 12.7. The van der Waals surface area contributed by atoms with Gasteiger partial charge >= 0.3 is 19.8 Å². The molecule has 0 aliphatic heterocycles. The van der Waals surface area contributed by atoms with Crippen LogP contribution in [0.3, 0.4) is 0 Å². The van der Waals surface area contributed by atoms with Gasteiger partial charge in [0, 0.05) is 12.8 Å². The summed E-state index contributed by atoms with van der Waals surface area (Å²) < 4.78 is 26.3. The quantitative estimate of drug-likeness (QED) is 0.0287. The zero-order chi connectivity index (χ0) is 35.4. The van der Waals surface area contributed by atoms with Gasteiger partial charge in [-0.15, -0.1) is 0 Å². The Morgan fingerprint density at radius 1 is 0.521 bits per heavy atom. The minimum absolute atomic E-state index is 0.203. The van der Waals surface area contributed by atoms with E-state index in [0.717, 1.165) is 51.4 Å². The molecule has 0 saturated heterocycles. The van der Waals surface area contributed by atoms with Crippen LogP contribution < -0.4 is 0 Å². The van der Waals surface area contributed by atoms with E-state index in [2.05, 4.69) is 42.7 Å². The number of hydrogen-bond acceptors (Lipinski definition) is 6. The molecule has 0 heterocycles. The van der Waals surface area contributed by atoms with Gasteiger partial charge in [0.2, 0.25) is 0 Å². The average molecular weight is 701 g/mol. The summed E-state index contributed by atoms with van der Waals surface area (Å²) in [4.78, 5) is 42.7. The molecule has 48 heavy (non-hydrogen) atoms. The fourth-order valence-corrected chi connectivity index (χ4v) is 5.83. The van der Waals surface area contributed by atoms with Gasteiger partial charge in [-0.25, -0.2) is 4.57 Å². The lowest BCUT2D eigenvalue weighted by atomic mass is 10.1. The van der Waals surface area contributed by atoms with Gasteiger partial charge in [-0.05, 0) is 57.8 Å². The van der Waals surface area contributed by atoms with Gasteiger partial charge in [-0.3, -0.25) is 14.1 Å². The molecule has 2 N–H and O–H groups in total. The first-order chi connectivity index (χ1) is 23.3. The van der Waals surface area contributed by atoms with Crippen LogP contribution in [0.1, 0.15) is 194 Å². The summed E-state index contributed by atoms with van der Waals surface area (Å²) in [5.74, 6) is -0.893. The molecule has 0 saturated carbocycles. The number of phosphoric ester groups is 1. The van der Waals surface area contributed by atoms with E-state index >= 15 is 0 Å². The summed E-state index contributed by atoms with van der Waals surface area (Å²) in [5.41, 5.74) is 0. The number of phosphoric acid groups is 1. The molecule has 0 amide bonds. The van der Waals surface area contributed by atoms with Crippen LogP contribution in [0.5, 0.6) is 0 Å². The van der Waals surface area contributed by atoms with Crippen molar-refractivity contribution in [2.24, 2.45) is 0 Å². The van der Waals surface area contributed by atoms with Gasteiger partial charge in [0.15, 0.2) is 6.10 Å². The predicted molar refractivity (Wildman–Crippen MR) is 198 cm³/mol. The molecule has 0 radical (unpaired) electrons. The van der Waals surface area contributed by atoms with E-state index in [1.54, 1.807) is 0 Å². The van der Waals surface area contributed by atoms with Crippen LogP contribution in [0.2, 0.25) is 0 Å². The Bertz CT molecular complexity index is 838. The standard InChI is InChI=1S/C39H73O8P/c1-3-5-7-9-11-13-15-17-19-21-23-25-27-29-31-33-38(40)45-35-37(36-46-48(42,43)44)47-39(41)34-32-30-28-26-24-22-20-18-16-14-12-10-8-6-4-2/h9,11,18,20,37H,3-8,10,12-17,19,21-36H2,1-2H3,(H2,42,43,44)/b11-9+,20-18+/t37-/m1/s1. The van der Waals surface area contributed by atoms with Gasteiger partial charge in [-0.2, -0.15) is 0 Å². The molecular weight excluding hydrogens is 627 g/mol. The van der Waals surface area contributed by atoms with Crippen LogP contribution in [0, 0.1) is 0 Å². The maximum atomic E-state index is 12.4. The van der Waals surface area contributed by atoms with Crippen molar-refractivity contribution in [1.82, 2.24) is 0 Å². The van der Waals surface area contributed by atoms with Crippen LogP contribution in [0.25, 0.3) is 0 Å². The highest BCUT2D eigenvalue weighted by Crippen LogP contribution is 2.36. The van der Waals surface area contributed by atoms with Crippen LogP contribution in [0.4, 0.5) is 0 Å². The van der Waals surface area contributed by atoms with Crippen molar-refractivity contribution in [2.75, 3.05) is 13.2 Å². The molecule has 1 atom stereocenters. The maximum Gasteiger partial charge on any atom is 0.469 e. The lowest BCUT2D eigenvalue weighted by Gasteiger charge is -2.18. The third-order valence-electron chi connectivity index (χ3n) is 8.44. The van der Waals surface area contributed by atoms with E-state index in [1.165, 1.54) is 109 Å². The fourth-order valence-electron chi connectivity index (χ4n) is 5.47. The van der Waals surface area contributed by atoms with E-state index < -0.39 is 32.5 Å². The number of rotatable bonds is 36. The van der Waals surface area contributed by atoms with Crippen molar-refractivity contribution in [1.29, 1.82) is 0 Å². The molecule has 0 rings (SSSR count). The smallest absolute Gasteiger partial charge is 0.462 e. The van der Waals surface area contributed by atoms with Crippen LogP contribution in [-0.4, -0.2) is 41.0 Å². The average Bonchev–Trinajstić information content (AvgIpc) is 3.05. The minimum atomic E-state index is -4.75. The summed E-state index contributed by atoms with van der Waals surface area (Å²) in [6.45, 7) is 3.64. The molecule has 0 fully saturated rings. The Hall–Kier alpha value is -1.47. The van der Waals surface area contributed by atoms with Gasteiger partial charge in [0.1, 0.15) is 6.61 Å². The van der Waals surface area contributed by atoms with Crippen molar-refractivity contribution >= 4 is 19.8 Å². The third kappa shape index (κ3) is 37.4. The van der Waals surface area contributed by atoms with Crippen molar-refractivity contribution in [3.63, 3.8) is 0 Å². The van der Waals surface area contributed by atoms with Crippen molar-refractivity contribution in [3.05, 3.63) is 24.3 Å². The molecule has 9 heteroatoms. The van der Waals surface area contributed by atoms with Gasteiger partial charge in [0.25, 0.3) is 0 Å². The van der Waals surface area contributed by atoms with Gasteiger partial charge < -0.3 is 19.3 Å². The first kappa shape index (κ1) is 46.5. The van der Waals surface area contributed by atoms with E-state index in [-0.39, 0.29) is 19.4 Å². The van der Waals surface area contributed by atoms with E-state index in [9.17, 15) is 14.2 Å². The van der Waals surface area contributed by atoms with Crippen molar-refractivity contribution in [2.45, 2.75) is 200 Å². The summed E-state index contributed by atoms with van der Waals surface area (Å²) in [6.07, 6.45) is 38.9. The zero-order valence-corrected chi connectivity index (χ0v) is 31.8. The second-order valence-electron chi connectivity index (χ2n) is 13.2. The van der Waals surface area contributed by atoms with E-state index in [1.807, 2.05) is 0 Å². The monoisotopic (exact) mass is 701 g/mol. The number of allylic oxidation sites excluding steroid dienone is 4. The summed E-state index contributed by atoms with van der Waals surface area (Å²) in [6, 6.07) is 0. The van der Waals surface area contributed by atoms with Gasteiger partial charge in [0.05, 0.1) is 6.61 Å². The van der Waals surface area contributed by atoms with Crippen molar-refractivity contribution in [3.8, 4) is 0 Å². The van der Waals surface area contributed by atoms with Crippen molar-refractivity contribution < 1.29 is 37.9 Å². The number of unbranched alkanes of at least 4 members (excludes halogenated alkanes) is 22. The lowest BCUT2D eigenvalue weighted by Crippen LogP contribution is -2.29. The molecule has 0 aromatic rings. The Labute approximate surface area is 294 Å². The van der Waals surface area contributed by atoms with E-state index in [0.29, 0.717) is 6.42 Å². The Balaban J connectivity index is 3.95. The maximum absolute atomic E-state index is 12.4. The lowest BCUT2D eigenvalue weighted by molar-refractivity contribution is -0.161. The molecule has 282 valence electrons. The predicted octanol–water partition coefficient (Wildman–Crippen LogP) is 11.6. The van der Waals surface area contributed by atoms with Crippen LogP contribution in [0.15, 0.2) is 24.3 Å². The highest BCUT2D eigenvalue weighted by Gasteiger charge is 2.22. The van der Waals surface area contributed by atoms with Gasteiger partial charge in [-0.1, -0.05) is 147 Å². The van der Waals surface area contributed by atoms with Crippen LogP contribution in [-0.2, 0) is 28.2 Å². The third-order valence-corrected chi connectivity index (χ3v) is 8.93. The number of ether oxygens (including phenoxy) is 2. The Morgan fingerprint density at radius 3 is 1.33 bits per heavy atom. The second kappa shape index (κ2) is 35.4. The molecule has 0 spiro atoms. The number of hydrogen-bond donors (Lipinski definition) is 2. The fraction of sp³-hybridized carbons (Fsp3) is 0.846. The molecule has 0 bridgehead atoms. The molecular formula is C39H73O8P. The topological polar surface area (TPSA) is 119 Å². The molecule has 0 aliphatic carbocycles. The molecule has 8 nitrogen and oxygen atoms in total. The molecule has 0 aromatic heterocycles. The van der Waals surface area contributed by atoms with E-state index in [4.69, 9.17) is 19.3 Å². The summed E-state index contributed by atoms with van der Waals surface area (Å²) >= 11 is 0. The number of esters is 2. The molecule has 0 aliphatic rings. The number of carbonyl (C=O) groups is 2. The molecule has 0 aromatic carbocycles. The summed E-state index contributed by atoms with van der Waals surface area (Å²) in [5, 5.41) is 0. The first-order valence-corrected chi connectivity index (χ1v) is 21.2. The highest BCUT2D eigenvalue weighted by atomic mass is 31.2.